The molecule has 0 aliphatic carbocycles. The van der Waals surface area contributed by atoms with Crippen molar-refractivity contribution in [1.82, 2.24) is 9.29 Å². The molecular weight excluding hydrogens is 364 g/mol. The van der Waals surface area contributed by atoms with Crippen LogP contribution >= 0.6 is 0 Å². The van der Waals surface area contributed by atoms with Crippen LogP contribution in [0.2, 0.25) is 0 Å². The molecule has 0 spiro atoms. The maximum absolute atomic E-state index is 12.6. The number of hydrogen-bond donors (Lipinski definition) is 2. The molecule has 0 bridgehead atoms. The molecule has 1 aromatic heterocycles. The van der Waals surface area contributed by atoms with E-state index < -0.39 is 16.1 Å². The molecule has 1 heterocycles. The molecule has 7 heteroatoms. The number of aliphatic hydroxyl groups excluding tert-OH is 1. The van der Waals surface area contributed by atoms with Crippen LogP contribution in [-0.4, -0.2) is 31.2 Å². The summed E-state index contributed by atoms with van der Waals surface area (Å²) in [6, 6.07) is 12.4. The van der Waals surface area contributed by atoms with E-state index in [1.54, 1.807) is 19.1 Å². The van der Waals surface area contributed by atoms with Crippen LogP contribution in [0.1, 0.15) is 24.2 Å². The molecule has 3 rings (SSSR count). The number of nitrogens with one attached hydrogen (secondary N) is 1. The minimum Gasteiger partial charge on any atom is -0.494 e. The second-order valence-corrected chi connectivity index (χ2v) is 8.21. The van der Waals surface area contributed by atoms with E-state index in [0.717, 1.165) is 16.5 Å². The Balaban J connectivity index is 1.77. The highest BCUT2D eigenvalue weighted by atomic mass is 32.2. The molecule has 1 atom stereocenters. The fourth-order valence-corrected chi connectivity index (χ4v) is 4.25. The van der Waals surface area contributed by atoms with Crippen LogP contribution < -0.4 is 9.46 Å². The van der Waals surface area contributed by atoms with Crippen molar-refractivity contribution in [2.45, 2.75) is 24.8 Å². The zero-order valence-corrected chi connectivity index (χ0v) is 16.5. The average molecular weight is 388 g/mol. The zero-order chi connectivity index (χ0) is 19.6. The van der Waals surface area contributed by atoms with Crippen LogP contribution in [0.4, 0.5) is 0 Å². The number of fused-ring (bicyclic) bond motifs is 1. The molecule has 144 valence electrons. The summed E-state index contributed by atoms with van der Waals surface area (Å²) in [6.45, 7) is 4.08. The maximum atomic E-state index is 12.6. The van der Waals surface area contributed by atoms with Gasteiger partial charge in [-0.15, -0.1) is 0 Å². The Morgan fingerprint density at radius 3 is 2.67 bits per heavy atom. The van der Waals surface area contributed by atoms with E-state index in [2.05, 4.69) is 4.72 Å². The monoisotopic (exact) mass is 388 g/mol. The second-order valence-electron chi connectivity index (χ2n) is 6.44. The minimum absolute atomic E-state index is 0.109. The van der Waals surface area contributed by atoms with Crippen molar-refractivity contribution in [2.24, 2.45) is 7.05 Å². The summed E-state index contributed by atoms with van der Waals surface area (Å²) in [5, 5.41) is 11.5. The van der Waals surface area contributed by atoms with E-state index in [1.807, 2.05) is 49.0 Å². The fourth-order valence-electron chi connectivity index (χ4n) is 3.13. The number of aliphatic hydroxyl groups is 1. The van der Waals surface area contributed by atoms with Gasteiger partial charge in [-0.1, -0.05) is 18.2 Å². The van der Waals surface area contributed by atoms with Gasteiger partial charge in [0.1, 0.15) is 5.75 Å². The molecule has 3 aromatic rings. The third-order valence-corrected chi connectivity index (χ3v) is 5.93. The van der Waals surface area contributed by atoms with Crippen molar-refractivity contribution >= 4 is 20.9 Å². The lowest BCUT2D eigenvalue weighted by Gasteiger charge is -2.13. The number of hydrogen-bond acceptors (Lipinski definition) is 4. The summed E-state index contributed by atoms with van der Waals surface area (Å²) in [7, 11) is -1.84. The summed E-state index contributed by atoms with van der Waals surface area (Å²) in [5.74, 6) is 0.659. The van der Waals surface area contributed by atoms with Crippen LogP contribution in [0, 0.1) is 6.92 Å². The lowest BCUT2D eigenvalue weighted by molar-refractivity contribution is 0.183. The van der Waals surface area contributed by atoms with Gasteiger partial charge in [0.25, 0.3) is 0 Å². The number of ether oxygens (including phenoxy) is 1. The Hall–Kier alpha value is -2.35. The van der Waals surface area contributed by atoms with E-state index in [0.29, 0.717) is 17.9 Å². The first kappa shape index (κ1) is 19.4. The number of rotatable bonds is 7. The van der Waals surface area contributed by atoms with E-state index in [1.165, 1.54) is 6.07 Å². The molecule has 27 heavy (non-hydrogen) atoms. The predicted octanol–water partition coefficient (Wildman–Crippen LogP) is 2.90. The third kappa shape index (κ3) is 4.00. The first-order valence-corrected chi connectivity index (χ1v) is 10.3. The third-order valence-electron chi connectivity index (χ3n) is 4.51. The predicted molar refractivity (Wildman–Crippen MR) is 105 cm³/mol. The number of aromatic nitrogens is 1. The summed E-state index contributed by atoms with van der Waals surface area (Å²) in [6.07, 6.45) is 0.875. The van der Waals surface area contributed by atoms with Crippen LogP contribution in [0.3, 0.4) is 0 Å². The highest BCUT2D eigenvalue weighted by Gasteiger charge is 2.20. The Morgan fingerprint density at radius 2 is 1.96 bits per heavy atom. The largest absolute Gasteiger partial charge is 0.494 e. The van der Waals surface area contributed by atoms with Gasteiger partial charge >= 0.3 is 0 Å². The van der Waals surface area contributed by atoms with Gasteiger partial charge in [0, 0.05) is 36.3 Å². The fraction of sp³-hybridized carbons (Fsp3) is 0.300. The van der Waals surface area contributed by atoms with Gasteiger partial charge in [0.2, 0.25) is 10.0 Å². The van der Waals surface area contributed by atoms with Gasteiger partial charge in [-0.25, -0.2) is 13.1 Å². The maximum Gasteiger partial charge on any atom is 0.240 e. The average Bonchev–Trinajstić information content (AvgIpc) is 2.99. The number of para-hydroxylation sites is 1. The van der Waals surface area contributed by atoms with Crippen molar-refractivity contribution in [1.29, 1.82) is 0 Å². The highest BCUT2D eigenvalue weighted by molar-refractivity contribution is 7.89. The molecule has 0 saturated carbocycles. The van der Waals surface area contributed by atoms with E-state index in [4.69, 9.17) is 4.74 Å². The topological polar surface area (TPSA) is 80.6 Å². The van der Waals surface area contributed by atoms with Crippen LogP contribution in [0.25, 0.3) is 10.9 Å². The van der Waals surface area contributed by atoms with Crippen LogP contribution in [-0.2, 0) is 17.1 Å². The van der Waals surface area contributed by atoms with Crippen molar-refractivity contribution in [2.75, 3.05) is 13.2 Å². The standard InChI is InChI=1S/C20H24N2O4S/c1-4-26-20-10-9-15(11-14(20)2)27(24,25)21-12-19(23)17-13-22(3)18-8-6-5-7-16(17)18/h5-11,13,19,21,23H,4,12H2,1-3H3. The van der Waals surface area contributed by atoms with E-state index in [9.17, 15) is 13.5 Å². The normalized spacial score (nSPS) is 13.0. The van der Waals surface area contributed by atoms with Gasteiger partial charge in [-0.2, -0.15) is 0 Å². The molecular formula is C20H24N2O4S. The van der Waals surface area contributed by atoms with Gasteiger partial charge in [-0.3, -0.25) is 0 Å². The number of benzene rings is 2. The molecule has 0 fully saturated rings. The molecule has 0 aliphatic heterocycles. The molecule has 2 aromatic carbocycles. The molecule has 1 unspecified atom stereocenters. The van der Waals surface area contributed by atoms with Gasteiger partial charge in [-0.05, 0) is 43.7 Å². The van der Waals surface area contributed by atoms with E-state index in [-0.39, 0.29) is 11.4 Å². The summed E-state index contributed by atoms with van der Waals surface area (Å²) >= 11 is 0. The minimum atomic E-state index is -3.74. The molecule has 0 radical (unpaired) electrons. The Bertz CT molecular complexity index is 1060. The Morgan fingerprint density at radius 1 is 1.22 bits per heavy atom. The number of aryl methyl sites for hydroxylation is 2. The first-order chi connectivity index (χ1) is 12.8. The SMILES string of the molecule is CCOc1ccc(S(=O)(=O)NCC(O)c2cn(C)c3ccccc23)cc1C. The van der Waals surface area contributed by atoms with E-state index >= 15 is 0 Å². The number of nitrogens with zero attached hydrogens (tertiary/aromatic N) is 1. The van der Waals surface area contributed by atoms with Gasteiger partial charge in [0.05, 0.1) is 17.6 Å². The van der Waals surface area contributed by atoms with Crippen LogP contribution in [0.5, 0.6) is 5.75 Å². The van der Waals surface area contributed by atoms with Crippen molar-refractivity contribution in [3.05, 3.63) is 59.8 Å². The zero-order valence-electron chi connectivity index (χ0n) is 15.6. The van der Waals surface area contributed by atoms with Crippen molar-refractivity contribution in [3.63, 3.8) is 0 Å². The van der Waals surface area contributed by atoms with Crippen LogP contribution in [0.15, 0.2) is 53.6 Å². The van der Waals surface area contributed by atoms with Gasteiger partial charge in [0.15, 0.2) is 0 Å². The summed E-state index contributed by atoms with van der Waals surface area (Å²) in [5.41, 5.74) is 2.42. The highest BCUT2D eigenvalue weighted by Crippen LogP contribution is 2.26. The lowest BCUT2D eigenvalue weighted by Crippen LogP contribution is -2.28. The number of sulfonamides is 1. The van der Waals surface area contributed by atoms with Crippen molar-refractivity contribution in [3.8, 4) is 5.75 Å². The molecule has 2 N–H and O–H groups in total. The smallest absolute Gasteiger partial charge is 0.240 e. The Labute approximate surface area is 159 Å². The molecule has 0 amide bonds. The molecule has 0 saturated heterocycles. The van der Waals surface area contributed by atoms with Gasteiger partial charge < -0.3 is 14.4 Å². The molecule has 6 nitrogen and oxygen atoms in total. The van der Waals surface area contributed by atoms with Crippen molar-refractivity contribution < 1.29 is 18.3 Å². The quantitative estimate of drug-likeness (QED) is 0.652. The summed E-state index contributed by atoms with van der Waals surface area (Å²) < 4.78 is 35.0. The second kappa shape index (κ2) is 7.72. The molecule has 0 aliphatic rings. The lowest BCUT2D eigenvalue weighted by atomic mass is 10.1. The first-order valence-electron chi connectivity index (χ1n) is 8.78. The Kier molecular flexibility index (Phi) is 5.55. The summed E-state index contributed by atoms with van der Waals surface area (Å²) in [4.78, 5) is 0.147.